The average Bonchev–Trinajstić information content (AvgIpc) is 3.21. The van der Waals surface area contributed by atoms with Crippen molar-refractivity contribution in [2.45, 2.75) is 20.8 Å². The summed E-state index contributed by atoms with van der Waals surface area (Å²) < 4.78 is 8.13. The van der Waals surface area contributed by atoms with E-state index in [1.165, 1.54) is 16.9 Å². The first-order valence-corrected chi connectivity index (χ1v) is 11.2. The Morgan fingerprint density at radius 3 is 2.49 bits per heavy atom. The lowest BCUT2D eigenvalue weighted by Crippen LogP contribution is -2.26. The molecule has 0 saturated carbocycles. The lowest BCUT2D eigenvalue weighted by atomic mass is 10.2. The predicted molar refractivity (Wildman–Crippen MR) is 132 cm³/mol. The Kier molecular flexibility index (Phi) is 6.79. The molecule has 0 fully saturated rings. The fourth-order valence-electron chi connectivity index (χ4n) is 3.53. The first-order chi connectivity index (χ1) is 16.8. The van der Waals surface area contributed by atoms with Gasteiger partial charge < -0.3 is 10.1 Å². The van der Waals surface area contributed by atoms with Crippen LogP contribution in [0.5, 0.6) is 0 Å². The molecule has 0 saturated heterocycles. The fourth-order valence-corrected chi connectivity index (χ4v) is 3.66. The van der Waals surface area contributed by atoms with Crippen LogP contribution in [0.15, 0.2) is 65.6 Å². The van der Waals surface area contributed by atoms with E-state index in [0.29, 0.717) is 39.0 Å². The third kappa shape index (κ3) is 4.99. The molecule has 0 aliphatic rings. The highest BCUT2D eigenvalue weighted by Crippen LogP contribution is 2.19. The number of esters is 1. The van der Waals surface area contributed by atoms with Crippen molar-refractivity contribution < 1.29 is 14.3 Å². The van der Waals surface area contributed by atoms with Crippen LogP contribution in [0.25, 0.3) is 11.4 Å². The number of carbonyl (C=O) groups excluding carboxylic acids is 2. The molecule has 4 rings (SSSR count). The van der Waals surface area contributed by atoms with Gasteiger partial charge in [0.25, 0.3) is 5.91 Å². The van der Waals surface area contributed by atoms with Gasteiger partial charge in [0, 0.05) is 22.5 Å². The highest BCUT2D eigenvalue weighted by molar-refractivity contribution is 6.30. The maximum atomic E-state index is 13.0. The first-order valence-electron chi connectivity index (χ1n) is 10.8. The SMILES string of the molecule is CCOC(=O)c1cnn(-c2cccc(NC(=O)c3nn(-c4ccc(Cl)cc4)c(C)cc3=O)c2)c1C. The number of carbonyl (C=O) groups is 2. The van der Waals surface area contributed by atoms with E-state index in [0.717, 1.165) is 0 Å². The van der Waals surface area contributed by atoms with E-state index >= 15 is 0 Å². The van der Waals surface area contributed by atoms with Gasteiger partial charge in [0.05, 0.1) is 29.9 Å². The zero-order valence-electron chi connectivity index (χ0n) is 19.3. The highest BCUT2D eigenvalue weighted by Gasteiger charge is 2.18. The van der Waals surface area contributed by atoms with Crippen molar-refractivity contribution in [3.63, 3.8) is 0 Å². The van der Waals surface area contributed by atoms with Crippen molar-refractivity contribution in [2.24, 2.45) is 0 Å². The normalized spacial score (nSPS) is 10.7. The van der Waals surface area contributed by atoms with Gasteiger partial charge in [0.15, 0.2) is 5.69 Å². The molecule has 0 atom stereocenters. The average molecular weight is 492 g/mol. The number of aryl methyl sites for hydroxylation is 1. The van der Waals surface area contributed by atoms with E-state index in [-0.39, 0.29) is 12.3 Å². The minimum Gasteiger partial charge on any atom is -0.462 e. The Labute approximate surface area is 205 Å². The number of hydrogen-bond acceptors (Lipinski definition) is 6. The van der Waals surface area contributed by atoms with Gasteiger partial charge in [-0.1, -0.05) is 17.7 Å². The van der Waals surface area contributed by atoms with E-state index in [1.54, 1.807) is 74.0 Å². The van der Waals surface area contributed by atoms with Gasteiger partial charge in [-0.15, -0.1) is 0 Å². The van der Waals surface area contributed by atoms with Crippen molar-refractivity contribution in [1.82, 2.24) is 19.6 Å². The molecule has 2 heterocycles. The summed E-state index contributed by atoms with van der Waals surface area (Å²) in [4.78, 5) is 37.6. The van der Waals surface area contributed by atoms with Crippen molar-refractivity contribution in [2.75, 3.05) is 11.9 Å². The van der Waals surface area contributed by atoms with Gasteiger partial charge in [-0.25, -0.2) is 14.2 Å². The van der Waals surface area contributed by atoms with Crippen LogP contribution in [-0.2, 0) is 4.74 Å². The van der Waals surface area contributed by atoms with Gasteiger partial charge >= 0.3 is 5.97 Å². The summed E-state index contributed by atoms with van der Waals surface area (Å²) >= 11 is 5.96. The van der Waals surface area contributed by atoms with Crippen molar-refractivity contribution in [1.29, 1.82) is 0 Å². The van der Waals surface area contributed by atoms with E-state index < -0.39 is 17.3 Å². The number of hydrogen-bond donors (Lipinski definition) is 1. The van der Waals surface area contributed by atoms with Crippen LogP contribution in [0.3, 0.4) is 0 Å². The van der Waals surface area contributed by atoms with Crippen LogP contribution in [0.1, 0.15) is 39.2 Å². The van der Waals surface area contributed by atoms with E-state index in [2.05, 4.69) is 15.5 Å². The molecule has 10 heteroatoms. The monoisotopic (exact) mass is 491 g/mol. The molecule has 0 bridgehead atoms. The largest absolute Gasteiger partial charge is 0.462 e. The van der Waals surface area contributed by atoms with Crippen molar-refractivity contribution in [3.8, 4) is 11.4 Å². The molecule has 1 amide bonds. The van der Waals surface area contributed by atoms with Crippen LogP contribution in [0.2, 0.25) is 5.02 Å². The third-order valence-corrected chi connectivity index (χ3v) is 5.50. The van der Waals surface area contributed by atoms with Crippen LogP contribution >= 0.6 is 11.6 Å². The van der Waals surface area contributed by atoms with E-state index in [9.17, 15) is 14.4 Å². The second kappa shape index (κ2) is 9.94. The molecule has 0 radical (unpaired) electrons. The summed E-state index contributed by atoms with van der Waals surface area (Å²) in [6.45, 7) is 5.47. The smallest absolute Gasteiger partial charge is 0.341 e. The Balaban J connectivity index is 1.62. The third-order valence-electron chi connectivity index (χ3n) is 5.25. The number of benzene rings is 2. The molecule has 2 aromatic carbocycles. The van der Waals surface area contributed by atoms with Crippen LogP contribution in [0.4, 0.5) is 5.69 Å². The maximum Gasteiger partial charge on any atom is 0.341 e. The van der Waals surface area contributed by atoms with Crippen LogP contribution in [0, 0.1) is 13.8 Å². The Morgan fingerprint density at radius 1 is 1.03 bits per heavy atom. The number of ether oxygens (including phenoxy) is 1. The molecule has 2 aromatic heterocycles. The molecule has 0 aliphatic heterocycles. The van der Waals surface area contributed by atoms with Crippen molar-refractivity contribution in [3.05, 3.63) is 98.7 Å². The summed E-state index contributed by atoms with van der Waals surface area (Å²) in [6, 6.07) is 15.1. The standard InChI is InChI=1S/C25H22ClN5O4/c1-4-35-25(34)21-14-27-31(16(21)3)20-7-5-6-18(13-20)28-24(33)23-22(32)12-15(2)30(29-23)19-10-8-17(26)9-11-19/h5-14H,4H2,1-3H3,(H,28,33). The second-order valence-electron chi connectivity index (χ2n) is 7.67. The lowest BCUT2D eigenvalue weighted by Gasteiger charge is -2.12. The fraction of sp³-hybridized carbons (Fsp3) is 0.160. The number of rotatable bonds is 6. The minimum atomic E-state index is -0.653. The lowest BCUT2D eigenvalue weighted by molar-refractivity contribution is 0.0525. The molecular weight excluding hydrogens is 470 g/mol. The summed E-state index contributed by atoms with van der Waals surface area (Å²) in [6.07, 6.45) is 1.44. The van der Waals surface area contributed by atoms with Crippen LogP contribution in [-0.4, -0.2) is 38.0 Å². The van der Waals surface area contributed by atoms with Gasteiger partial charge in [-0.3, -0.25) is 9.59 Å². The molecule has 4 aromatic rings. The Bertz CT molecular complexity index is 1470. The Morgan fingerprint density at radius 2 is 1.77 bits per heavy atom. The number of halogens is 1. The summed E-state index contributed by atoms with van der Waals surface area (Å²) in [7, 11) is 0. The topological polar surface area (TPSA) is 108 Å². The number of anilines is 1. The van der Waals surface area contributed by atoms with Gasteiger partial charge in [-0.05, 0) is 63.2 Å². The molecule has 0 aliphatic carbocycles. The molecular formula is C25H22ClN5O4. The number of amides is 1. The zero-order valence-corrected chi connectivity index (χ0v) is 20.0. The quantitative estimate of drug-likeness (QED) is 0.406. The zero-order chi connectivity index (χ0) is 25.1. The second-order valence-corrected chi connectivity index (χ2v) is 8.10. The molecule has 0 spiro atoms. The summed E-state index contributed by atoms with van der Waals surface area (Å²) in [5, 5.41) is 11.8. The number of nitrogens with zero attached hydrogens (tertiary/aromatic N) is 4. The molecule has 0 unspecified atom stereocenters. The molecule has 35 heavy (non-hydrogen) atoms. The number of nitrogens with one attached hydrogen (secondary N) is 1. The maximum absolute atomic E-state index is 13.0. The van der Waals surface area contributed by atoms with Crippen molar-refractivity contribution >= 4 is 29.2 Å². The van der Waals surface area contributed by atoms with E-state index in [4.69, 9.17) is 16.3 Å². The highest BCUT2D eigenvalue weighted by atomic mass is 35.5. The summed E-state index contributed by atoms with van der Waals surface area (Å²) in [5.41, 5.74) is 2.48. The van der Waals surface area contributed by atoms with Crippen LogP contribution < -0.4 is 10.7 Å². The molecule has 178 valence electrons. The van der Waals surface area contributed by atoms with E-state index in [1.807, 2.05) is 0 Å². The van der Waals surface area contributed by atoms with Gasteiger partial charge in [-0.2, -0.15) is 10.2 Å². The predicted octanol–water partition coefficient (Wildman–Crippen LogP) is 4.12. The Hall–Kier alpha value is -4.24. The molecule has 1 N–H and O–H groups in total. The minimum absolute atomic E-state index is 0.254. The van der Waals surface area contributed by atoms with Gasteiger partial charge in [0.2, 0.25) is 5.43 Å². The molecule has 9 nitrogen and oxygen atoms in total. The summed E-state index contributed by atoms with van der Waals surface area (Å²) in [5.74, 6) is -1.11. The first kappa shape index (κ1) is 23.9. The number of aromatic nitrogens is 4. The van der Waals surface area contributed by atoms with Gasteiger partial charge in [0.1, 0.15) is 5.56 Å².